The van der Waals surface area contributed by atoms with E-state index in [1.807, 2.05) is 6.07 Å². The molecule has 7 heteroatoms. The van der Waals surface area contributed by atoms with Crippen LogP contribution in [-0.4, -0.2) is 37.5 Å². The molecule has 0 radical (unpaired) electrons. The molecule has 0 aromatic heterocycles. The van der Waals surface area contributed by atoms with Crippen LogP contribution < -0.4 is 4.90 Å². The second-order valence-corrected chi connectivity index (χ2v) is 7.70. The molecule has 0 spiro atoms. The summed E-state index contributed by atoms with van der Waals surface area (Å²) < 4.78 is 25.9. The van der Waals surface area contributed by atoms with Gasteiger partial charge in [-0.3, -0.25) is 4.55 Å². The Bertz CT molecular complexity index is 782. The minimum atomic E-state index is -3.67. The molecule has 124 valence electrons. The van der Waals surface area contributed by atoms with Crippen LogP contribution >= 0.6 is 11.8 Å². The van der Waals surface area contributed by atoms with Gasteiger partial charge in [-0.05, 0) is 36.8 Å². The highest BCUT2D eigenvalue weighted by Crippen LogP contribution is 2.47. The van der Waals surface area contributed by atoms with Crippen molar-refractivity contribution in [3.63, 3.8) is 0 Å². The lowest BCUT2D eigenvalue weighted by atomic mass is 10.1. The van der Waals surface area contributed by atoms with Crippen molar-refractivity contribution in [3.8, 4) is 0 Å². The number of anilines is 2. The Morgan fingerprint density at radius 1 is 1.09 bits per heavy atom. The lowest BCUT2D eigenvalue weighted by Crippen LogP contribution is -2.24. The Balaban J connectivity index is 0.000000338. The molecule has 1 aliphatic heterocycles. The Hall–Kier alpha value is -1.54. The third kappa shape index (κ3) is 4.97. The van der Waals surface area contributed by atoms with E-state index >= 15 is 0 Å². The molecule has 0 amide bonds. The maximum atomic E-state index is 9.29. The molecular weight excluding hydrogens is 334 g/mol. The number of β-amino-alcohol motifs (C(OH)–C–C–N with tert-alkyl or cyclic N) is 1. The molecule has 0 unspecified atom stereocenters. The molecule has 3 rings (SSSR count). The zero-order chi connectivity index (χ0) is 17.0. The lowest BCUT2D eigenvalue weighted by molar-refractivity contribution is 0.305. The van der Waals surface area contributed by atoms with Crippen molar-refractivity contribution in [1.29, 1.82) is 0 Å². The largest absolute Gasteiger partial charge is 0.395 e. The maximum Gasteiger partial charge on any atom is 0.261 e. The van der Waals surface area contributed by atoms with Crippen molar-refractivity contribution < 1.29 is 18.1 Å². The molecule has 1 heterocycles. The number of fused-ring (bicyclic) bond motifs is 2. The van der Waals surface area contributed by atoms with E-state index in [0.717, 1.165) is 0 Å². The summed E-state index contributed by atoms with van der Waals surface area (Å²) in [6, 6.07) is 14.8. The molecule has 5 nitrogen and oxygen atoms in total. The van der Waals surface area contributed by atoms with Gasteiger partial charge in [-0.2, -0.15) is 8.42 Å². The summed E-state index contributed by atoms with van der Waals surface area (Å²) in [7, 11) is -3.67. The minimum Gasteiger partial charge on any atom is -0.395 e. The van der Waals surface area contributed by atoms with Crippen LogP contribution in [0, 0.1) is 6.92 Å². The molecule has 0 bridgehead atoms. The van der Waals surface area contributed by atoms with Crippen molar-refractivity contribution in [2.45, 2.75) is 16.7 Å². The molecule has 2 N–H and O–H groups in total. The van der Waals surface area contributed by atoms with Crippen molar-refractivity contribution in [3.05, 3.63) is 48.0 Å². The van der Waals surface area contributed by atoms with Gasteiger partial charge in [-0.25, -0.2) is 0 Å². The highest BCUT2D eigenvalue weighted by atomic mass is 32.2. The van der Waals surface area contributed by atoms with Gasteiger partial charge >= 0.3 is 0 Å². The van der Waals surface area contributed by atoms with Crippen molar-refractivity contribution >= 4 is 33.3 Å². The zero-order valence-corrected chi connectivity index (χ0v) is 14.6. The predicted molar refractivity (Wildman–Crippen MR) is 93.3 cm³/mol. The summed E-state index contributed by atoms with van der Waals surface area (Å²) in [6.07, 6.45) is 0.715. The monoisotopic (exact) mass is 353 g/mol. The highest BCUT2D eigenvalue weighted by molar-refractivity contribution is 7.99. The molecule has 0 fully saturated rings. The van der Waals surface area contributed by atoms with E-state index in [-0.39, 0.29) is 6.61 Å². The fraction of sp³-hybridized carbons (Fsp3) is 0.250. The number of nitrogens with zero attached hydrogens (tertiary/aromatic N) is 1. The van der Waals surface area contributed by atoms with Gasteiger partial charge in [0.2, 0.25) is 0 Å². The van der Waals surface area contributed by atoms with Crippen LogP contribution in [-0.2, 0) is 10.1 Å². The van der Waals surface area contributed by atoms with Crippen molar-refractivity contribution in [1.82, 2.24) is 0 Å². The van der Waals surface area contributed by atoms with Gasteiger partial charge in [0.25, 0.3) is 10.1 Å². The summed E-state index contributed by atoms with van der Waals surface area (Å²) in [5, 5.41) is 9.29. The zero-order valence-electron chi connectivity index (χ0n) is 12.9. The number of rotatable bonds is 2. The Kier molecular flexibility index (Phi) is 5.69. The predicted octanol–water partition coefficient (Wildman–Crippen LogP) is 3.09. The van der Waals surface area contributed by atoms with Gasteiger partial charge in [0, 0.05) is 16.3 Å². The van der Waals surface area contributed by atoms with Gasteiger partial charge in [-0.1, -0.05) is 30.0 Å². The first-order valence-corrected chi connectivity index (χ1v) is 9.64. The summed E-state index contributed by atoms with van der Waals surface area (Å²) >= 11 is 1.80. The van der Waals surface area contributed by atoms with E-state index < -0.39 is 10.1 Å². The van der Waals surface area contributed by atoms with Gasteiger partial charge in [-0.15, -0.1) is 0 Å². The van der Waals surface area contributed by atoms with Crippen LogP contribution in [0.15, 0.2) is 52.3 Å². The minimum absolute atomic E-state index is 0.159. The van der Waals surface area contributed by atoms with Crippen LogP contribution in [0.5, 0.6) is 0 Å². The van der Waals surface area contributed by atoms with Crippen LogP contribution in [0.25, 0.3) is 0 Å². The normalized spacial score (nSPS) is 12.8. The summed E-state index contributed by atoms with van der Waals surface area (Å²) in [5.74, 6) is 0. The maximum absolute atomic E-state index is 9.29. The van der Waals surface area contributed by atoms with E-state index in [9.17, 15) is 13.5 Å². The quantitative estimate of drug-likeness (QED) is 0.808. The summed E-state index contributed by atoms with van der Waals surface area (Å²) in [5.41, 5.74) is 3.64. The lowest BCUT2D eigenvalue weighted by Gasteiger charge is -2.32. The van der Waals surface area contributed by atoms with Gasteiger partial charge in [0.15, 0.2) is 0 Å². The second-order valence-electron chi connectivity index (χ2n) is 5.15. The average Bonchev–Trinajstić information content (AvgIpc) is 2.46. The van der Waals surface area contributed by atoms with Crippen LogP contribution in [0.2, 0.25) is 0 Å². The molecule has 2 aromatic carbocycles. The molecule has 0 saturated heterocycles. The van der Waals surface area contributed by atoms with Crippen LogP contribution in [0.1, 0.15) is 5.56 Å². The molecule has 1 aliphatic rings. The van der Waals surface area contributed by atoms with Gasteiger partial charge in [0.1, 0.15) is 0 Å². The van der Waals surface area contributed by atoms with Gasteiger partial charge in [0.05, 0.1) is 24.2 Å². The number of aliphatic hydroxyl groups excluding tert-OH is 1. The Morgan fingerprint density at radius 3 is 2.35 bits per heavy atom. The van der Waals surface area contributed by atoms with E-state index in [1.54, 1.807) is 11.8 Å². The van der Waals surface area contributed by atoms with Gasteiger partial charge < -0.3 is 10.0 Å². The number of aryl methyl sites for hydroxylation is 1. The third-order valence-electron chi connectivity index (χ3n) is 3.10. The topological polar surface area (TPSA) is 77.8 Å². The number of hydrogen-bond donors (Lipinski definition) is 2. The second kappa shape index (κ2) is 7.35. The molecule has 2 aromatic rings. The molecule has 0 aliphatic carbocycles. The van der Waals surface area contributed by atoms with E-state index in [4.69, 9.17) is 4.55 Å². The fourth-order valence-corrected chi connectivity index (χ4v) is 3.36. The van der Waals surface area contributed by atoms with Crippen LogP contribution in [0.4, 0.5) is 11.4 Å². The summed E-state index contributed by atoms with van der Waals surface area (Å²) in [4.78, 5) is 4.71. The fourth-order valence-electron chi connectivity index (χ4n) is 2.28. The standard InChI is InChI=1S/C15H15NOS.CH4O3S/c1-11-6-7-15-13(10-11)16(8-9-17)12-4-2-3-5-14(12)18-15;1-5(2,3)4/h2-7,10,17H,8-9H2,1H3;1H3,(H,2,3,4). The first-order valence-electron chi connectivity index (χ1n) is 6.98. The summed E-state index contributed by atoms with van der Waals surface area (Å²) in [6.45, 7) is 2.89. The van der Waals surface area contributed by atoms with E-state index in [2.05, 4.69) is 48.2 Å². The van der Waals surface area contributed by atoms with E-state index in [0.29, 0.717) is 12.8 Å². The number of aliphatic hydroxyl groups is 1. The Labute approximate surface area is 140 Å². The number of hydrogen-bond acceptors (Lipinski definition) is 5. The average molecular weight is 353 g/mol. The van der Waals surface area contributed by atoms with Crippen molar-refractivity contribution in [2.75, 3.05) is 24.3 Å². The molecule has 23 heavy (non-hydrogen) atoms. The molecule has 0 atom stereocenters. The molecular formula is C16H19NO4S2. The van der Waals surface area contributed by atoms with Crippen molar-refractivity contribution in [2.24, 2.45) is 0 Å². The SMILES string of the molecule is CS(=O)(=O)O.Cc1ccc2c(c1)N(CCO)c1ccccc1S2. The van der Waals surface area contributed by atoms with E-state index in [1.165, 1.54) is 26.7 Å². The van der Waals surface area contributed by atoms with Crippen LogP contribution in [0.3, 0.4) is 0 Å². The third-order valence-corrected chi connectivity index (χ3v) is 4.24. The first-order chi connectivity index (χ1) is 10.8. The smallest absolute Gasteiger partial charge is 0.261 e. The molecule has 0 saturated carbocycles. The first kappa shape index (κ1) is 17.8. The Morgan fingerprint density at radius 2 is 1.70 bits per heavy atom. The highest BCUT2D eigenvalue weighted by Gasteiger charge is 2.22. The number of benzene rings is 2. The number of para-hydroxylation sites is 1.